The number of aromatic nitrogens is 2. The van der Waals surface area contributed by atoms with E-state index in [-0.39, 0.29) is 24.0 Å². The van der Waals surface area contributed by atoms with Gasteiger partial charge >= 0.3 is 0 Å². The average molecular weight is 456 g/mol. The minimum Gasteiger partial charge on any atom is -0.491 e. The zero-order valence-electron chi connectivity index (χ0n) is 19.0. The molecule has 2 atom stereocenters. The number of carbonyl (C=O) groups excluding carboxylic acids is 1. The molecule has 0 radical (unpaired) electrons. The molecule has 1 amide bonds. The van der Waals surface area contributed by atoms with Crippen molar-refractivity contribution in [2.45, 2.75) is 58.2 Å². The van der Waals surface area contributed by atoms with Crippen LogP contribution in [0.15, 0.2) is 42.5 Å². The molecule has 170 valence electrons. The molecule has 1 saturated heterocycles. The van der Waals surface area contributed by atoms with Crippen LogP contribution in [0.3, 0.4) is 0 Å². The van der Waals surface area contributed by atoms with Gasteiger partial charge in [0.05, 0.1) is 17.6 Å². The van der Waals surface area contributed by atoms with Gasteiger partial charge in [-0.1, -0.05) is 23.7 Å². The third kappa shape index (κ3) is 4.62. The maximum absolute atomic E-state index is 12.7. The van der Waals surface area contributed by atoms with Gasteiger partial charge in [0.1, 0.15) is 24.3 Å². The summed E-state index contributed by atoms with van der Waals surface area (Å²) in [6, 6.07) is 13.3. The minimum absolute atomic E-state index is 0.0128. The van der Waals surface area contributed by atoms with Crippen molar-refractivity contribution in [2.75, 3.05) is 13.2 Å². The van der Waals surface area contributed by atoms with Gasteiger partial charge in [-0.2, -0.15) is 0 Å². The molecular formula is C25H30ClN3O3. The van der Waals surface area contributed by atoms with Crippen molar-refractivity contribution in [3.63, 3.8) is 0 Å². The highest BCUT2D eigenvalue weighted by atomic mass is 35.5. The van der Waals surface area contributed by atoms with Crippen molar-refractivity contribution in [3.8, 4) is 5.75 Å². The lowest BCUT2D eigenvalue weighted by atomic mass is 10.1. The van der Waals surface area contributed by atoms with Crippen molar-refractivity contribution in [1.29, 1.82) is 0 Å². The quantitative estimate of drug-likeness (QED) is 0.592. The summed E-state index contributed by atoms with van der Waals surface area (Å²) in [5.74, 6) is 1.64. The Morgan fingerprint density at radius 1 is 1.25 bits per heavy atom. The van der Waals surface area contributed by atoms with Crippen LogP contribution in [0.4, 0.5) is 0 Å². The summed E-state index contributed by atoms with van der Waals surface area (Å²) in [4.78, 5) is 19.5. The van der Waals surface area contributed by atoms with E-state index < -0.39 is 6.10 Å². The third-order valence-electron chi connectivity index (χ3n) is 5.95. The van der Waals surface area contributed by atoms with E-state index in [1.165, 1.54) is 0 Å². The van der Waals surface area contributed by atoms with Crippen LogP contribution in [0.2, 0.25) is 5.02 Å². The van der Waals surface area contributed by atoms with E-state index in [4.69, 9.17) is 21.3 Å². The number of amides is 1. The lowest BCUT2D eigenvalue weighted by Crippen LogP contribution is -2.42. The van der Waals surface area contributed by atoms with Crippen molar-refractivity contribution in [3.05, 3.63) is 58.9 Å². The molecule has 0 bridgehead atoms. The number of aliphatic hydroxyl groups is 1. The van der Waals surface area contributed by atoms with E-state index in [0.717, 1.165) is 22.4 Å². The molecule has 2 heterocycles. The number of halogens is 1. The van der Waals surface area contributed by atoms with Gasteiger partial charge in [-0.25, -0.2) is 4.98 Å². The van der Waals surface area contributed by atoms with Gasteiger partial charge in [0.15, 0.2) is 0 Å². The standard InChI is InChI=1S/C25H30ClN3O3/c1-16-11-19(9-10-20(16)26)32-15-18(30)14-28-22-8-6-5-7-21(22)27-24(28)17-12-23(31)29(13-17)25(2,3)4/h5-11,17-18,30H,12-15H2,1-4H3. The molecule has 1 aliphatic heterocycles. The number of carbonyl (C=O) groups is 1. The Bertz CT molecular complexity index is 1140. The molecule has 0 aliphatic carbocycles. The normalized spacial score (nSPS) is 17.9. The van der Waals surface area contributed by atoms with Crippen molar-refractivity contribution in [2.24, 2.45) is 0 Å². The Morgan fingerprint density at radius 3 is 2.69 bits per heavy atom. The first-order valence-corrected chi connectivity index (χ1v) is 11.3. The molecule has 1 aromatic heterocycles. The van der Waals surface area contributed by atoms with Gasteiger partial charge in [-0.3, -0.25) is 4.79 Å². The molecule has 32 heavy (non-hydrogen) atoms. The fraction of sp³-hybridized carbons (Fsp3) is 0.440. The summed E-state index contributed by atoms with van der Waals surface area (Å²) < 4.78 is 7.85. The Kier molecular flexibility index (Phi) is 6.19. The molecular weight excluding hydrogens is 426 g/mol. The van der Waals surface area contributed by atoms with Crippen LogP contribution < -0.4 is 4.74 Å². The Hall–Kier alpha value is -2.57. The molecule has 1 aliphatic rings. The number of benzene rings is 2. The number of rotatable bonds is 6. The van der Waals surface area contributed by atoms with Crippen LogP contribution in [0, 0.1) is 6.92 Å². The zero-order chi connectivity index (χ0) is 23.0. The summed E-state index contributed by atoms with van der Waals surface area (Å²) in [5, 5.41) is 11.5. The highest BCUT2D eigenvalue weighted by Crippen LogP contribution is 2.34. The number of likely N-dealkylation sites (tertiary alicyclic amines) is 1. The predicted octanol–water partition coefficient (Wildman–Crippen LogP) is 4.55. The molecule has 1 fully saturated rings. The van der Waals surface area contributed by atoms with Crippen LogP contribution in [0.5, 0.6) is 5.75 Å². The van der Waals surface area contributed by atoms with Gasteiger partial charge in [0, 0.05) is 29.4 Å². The van der Waals surface area contributed by atoms with Crippen LogP contribution >= 0.6 is 11.6 Å². The summed E-state index contributed by atoms with van der Waals surface area (Å²) >= 11 is 6.08. The first kappa shape index (κ1) is 22.6. The smallest absolute Gasteiger partial charge is 0.223 e. The predicted molar refractivity (Wildman–Crippen MR) is 126 cm³/mol. The summed E-state index contributed by atoms with van der Waals surface area (Å²) in [6.07, 6.45) is -0.310. The molecule has 3 aromatic rings. The lowest BCUT2D eigenvalue weighted by Gasteiger charge is -2.32. The first-order valence-electron chi connectivity index (χ1n) is 11.0. The summed E-state index contributed by atoms with van der Waals surface area (Å²) in [5.41, 5.74) is 2.51. The van der Waals surface area contributed by atoms with Gasteiger partial charge < -0.3 is 19.3 Å². The number of ether oxygens (including phenoxy) is 1. The number of aliphatic hydroxyl groups excluding tert-OH is 1. The van der Waals surface area contributed by atoms with Crippen molar-refractivity contribution < 1.29 is 14.6 Å². The van der Waals surface area contributed by atoms with Gasteiger partial charge in [0.2, 0.25) is 5.91 Å². The van der Waals surface area contributed by atoms with Crippen LogP contribution in [-0.4, -0.2) is 50.3 Å². The molecule has 4 rings (SSSR count). The fourth-order valence-corrected chi connectivity index (χ4v) is 4.41. The Morgan fingerprint density at radius 2 is 2.00 bits per heavy atom. The highest BCUT2D eigenvalue weighted by Gasteiger charge is 2.39. The summed E-state index contributed by atoms with van der Waals surface area (Å²) in [7, 11) is 0. The number of hydrogen-bond donors (Lipinski definition) is 1. The first-order chi connectivity index (χ1) is 15.1. The highest BCUT2D eigenvalue weighted by molar-refractivity contribution is 6.31. The van der Waals surface area contributed by atoms with E-state index in [2.05, 4.69) is 20.8 Å². The molecule has 0 saturated carbocycles. The second kappa shape index (κ2) is 8.75. The van der Waals surface area contributed by atoms with Crippen LogP contribution in [-0.2, 0) is 11.3 Å². The maximum atomic E-state index is 12.7. The SMILES string of the molecule is Cc1cc(OCC(O)Cn2c(C3CC(=O)N(C(C)(C)C)C3)nc3ccccc32)ccc1Cl. The largest absolute Gasteiger partial charge is 0.491 e. The molecule has 7 heteroatoms. The topological polar surface area (TPSA) is 67.6 Å². The Labute approximate surface area is 193 Å². The Balaban J connectivity index is 1.55. The lowest BCUT2D eigenvalue weighted by molar-refractivity contribution is -0.131. The molecule has 2 unspecified atom stereocenters. The van der Waals surface area contributed by atoms with Crippen molar-refractivity contribution in [1.82, 2.24) is 14.5 Å². The number of para-hydroxylation sites is 2. The van der Waals surface area contributed by atoms with Crippen LogP contribution in [0.25, 0.3) is 11.0 Å². The number of imidazole rings is 1. The summed E-state index contributed by atoms with van der Waals surface area (Å²) in [6.45, 7) is 9.18. The van der Waals surface area contributed by atoms with Crippen molar-refractivity contribution >= 4 is 28.5 Å². The van der Waals surface area contributed by atoms with E-state index in [0.29, 0.717) is 30.3 Å². The average Bonchev–Trinajstić information content (AvgIpc) is 3.30. The van der Waals surface area contributed by atoms with Gasteiger partial charge in [-0.05, 0) is 63.6 Å². The monoisotopic (exact) mass is 455 g/mol. The number of aryl methyl sites for hydroxylation is 1. The second-order valence-electron chi connectivity index (χ2n) is 9.52. The fourth-order valence-electron chi connectivity index (χ4n) is 4.29. The number of hydrogen-bond acceptors (Lipinski definition) is 4. The van der Waals surface area contributed by atoms with Gasteiger partial charge in [0.25, 0.3) is 0 Å². The molecule has 0 spiro atoms. The van der Waals surface area contributed by atoms with Gasteiger partial charge in [-0.15, -0.1) is 0 Å². The molecule has 2 aromatic carbocycles. The number of fused-ring (bicyclic) bond motifs is 1. The van der Waals surface area contributed by atoms with E-state index in [1.807, 2.05) is 46.7 Å². The minimum atomic E-state index is -0.738. The third-order valence-corrected chi connectivity index (χ3v) is 6.37. The second-order valence-corrected chi connectivity index (χ2v) is 9.93. The molecule has 1 N–H and O–H groups in total. The van der Waals surface area contributed by atoms with Crippen LogP contribution in [0.1, 0.15) is 44.5 Å². The van der Waals surface area contributed by atoms with E-state index in [1.54, 1.807) is 12.1 Å². The number of nitrogens with zero attached hydrogens (tertiary/aromatic N) is 3. The zero-order valence-corrected chi connectivity index (χ0v) is 19.8. The molecule has 6 nitrogen and oxygen atoms in total. The maximum Gasteiger partial charge on any atom is 0.223 e. The van der Waals surface area contributed by atoms with E-state index >= 15 is 0 Å². The van der Waals surface area contributed by atoms with E-state index in [9.17, 15) is 9.90 Å².